The molecular weight excluding hydrogens is 246 g/mol. The maximum Gasteiger partial charge on any atom is 0.0109 e. The highest BCUT2D eigenvalue weighted by Gasteiger charge is 2.20. The summed E-state index contributed by atoms with van der Waals surface area (Å²) in [7, 11) is 6.91. The molecule has 2 aliphatic carbocycles. The molecule has 20 heavy (non-hydrogen) atoms. The van der Waals surface area contributed by atoms with Gasteiger partial charge in [0, 0.05) is 38.3 Å². The van der Waals surface area contributed by atoms with Crippen LogP contribution in [0.5, 0.6) is 0 Å². The predicted octanol–water partition coefficient (Wildman–Crippen LogP) is 2.67. The summed E-state index contributed by atoms with van der Waals surface area (Å²) in [6.45, 7) is 4.89. The van der Waals surface area contributed by atoms with Gasteiger partial charge in [-0.25, -0.2) is 0 Å². The molecule has 0 amide bonds. The SMILES string of the molecule is CN(CCN(C)C1CCCC1)CCN(C)C1CCCC1. The van der Waals surface area contributed by atoms with E-state index in [0.717, 1.165) is 12.1 Å². The minimum atomic E-state index is 0.865. The molecule has 2 saturated carbocycles. The molecule has 0 atom stereocenters. The van der Waals surface area contributed by atoms with Crippen molar-refractivity contribution >= 4 is 0 Å². The molecule has 0 radical (unpaired) electrons. The number of hydrogen-bond acceptors (Lipinski definition) is 3. The molecule has 0 aromatic heterocycles. The summed E-state index contributed by atoms with van der Waals surface area (Å²) in [5.41, 5.74) is 0. The second kappa shape index (κ2) is 8.35. The topological polar surface area (TPSA) is 9.72 Å². The molecule has 0 aliphatic heterocycles. The Labute approximate surface area is 126 Å². The maximum absolute atomic E-state index is 2.59. The zero-order chi connectivity index (χ0) is 14.4. The molecule has 0 aromatic carbocycles. The minimum Gasteiger partial charge on any atom is -0.304 e. The van der Waals surface area contributed by atoms with Crippen LogP contribution in [0.25, 0.3) is 0 Å². The van der Waals surface area contributed by atoms with Crippen molar-refractivity contribution in [1.82, 2.24) is 14.7 Å². The van der Waals surface area contributed by atoms with Crippen molar-refractivity contribution in [3.8, 4) is 0 Å². The average molecular weight is 281 g/mol. The van der Waals surface area contributed by atoms with Gasteiger partial charge in [0.2, 0.25) is 0 Å². The van der Waals surface area contributed by atoms with E-state index < -0.39 is 0 Å². The fourth-order valence-corrected chi connectivity index (χ4v) is 3.82. The first-order chi connectivity index (χ1) is 9.66. The lowest BCUT2D eigenvalue weighted by Crippen LogP contribution is -2.40. The van der Waals surface area contributed by atoms with E-state index in [1.165, 1.54) is 77.5 Å². The predicted molar refractivity (Wildman–Crippen MR) is 87.3 cm³/mol. The summed E-state index contributed by atoms with van der Waals surface area (Å²) >= 11 is 0. The van der Waals surface area contributed by atoms with Crippen molar-refractivity contribution in [2.45, 2.75) is 63.5 Å². The molecule has 2 aliphatic rings. The van der Waals surface area contributed by atoms with E-state index in [1.54, 1.807) is 0 Å². The van der Waals surface area contributed by atoms with Crippen LogP contribution in [0.1, 0.15) is 51.4 Å². The Morgan fingerprint density at radius 2 is 0.950 bits per heavy atom. The molecule has 118 valence electrons. The summed E-state index contributed by atoms with van der Waals surface area (Å²) in [6, 6.07) is 1.73. The van der Waals surface area contributed by atoms with E-state index in [2.05, 4.69) is 35.8 Å². The third-order valence-electron chi connectivity index (χ3n) is 5.56. The Hall–Kier alpha value is -0.120. The molecule has 0 aromatic rings. The molecule has 0 N–H and O–H groups in total. The van der Waals surface area contributed by atoms with Crippen LogP contribution in [0.4, 0.5) is 0 Å². The Balaban J connectivity index is 1.56. The van der Waals surface area contributed by atoms with Crippen LogP contribution in [0.15, 0.2) is 0 Å². The summed E-state index contributed by atoms with van der Waals surface area (Å²) in [4.78, 5) is 7.69. The van der Waals surface area contributed by atoms with E-state index in [-0.39, 0.29) is 0 Å². The molecule has 2 fully saturated rings. The van der Waals surface area contributed by atoms with Gasteiger partial charge >= 0.3 is 0 Å². The lowest BCUT2D eigenvalue weighted by molar-refractivity contribution is 0.179. The van der Waals surface area contributed by atoms with E-state index in [4.69, 9.17) is 0 Å². The summed E-state index contributed by atoms with van der Waals surface area (Å²) in [6.07, 6.45) is 11.5. The van der Waals surface area contributed by atoms with Crippen molar-refractivity contribution in [3.05, 3.63) is 0 Å². The summed E-state index contributed by atoms with van der Waals surface area (Å²) in [5.74, 6) is 0. The Bertz CT molecular complexity index is 231. The molecule has 3 nitrogen and oxygen atoms in total. The summed E-state index contributed by atoms with van der Waals surface area (Å²) < 4.78 is 0. The lowest BCUT2D eigenvalue weighted by atomic mass is 10.2. The molecule has 0 spiro atoms. The van der Waals surface area contributed by atoms with Gasteiger partial charge in [0.15, 0.2) is 0 Å². The average Bonchev–Trinajstić information content (AvgIpc) is 3.14. The smallest absolute Gasteiger partial charge is 0.0109 e. The normalized spacial score (nSPS) is 21.9. The molecule has 0 bridgehead atoms. The fourth-order valence-electron chi connectivity index (χ4n) is 3.82. The fraction of sp³-hybridized carbons (Fsp3) is 1.00. The van der Waals surface area contributed by atoms with Gasteiger partial charge in [0.1, 0.15) is 0 Å². The van der Waals surface area contributed by atoms with Gasteiger partial charge in [-0.15, -0.1) is 0 Å². The standard InChI is InChI=1S/C17H35N3/c1-18(12-14-19(2)16-8-4-5-9-16)13-15-20(3)17-10-6-7-11-17/h16-17H,4-15H2,1-3H3. The first kappa shape index (κ1) is 16.3. The van der Waals surface area contributed by atoms with Crippen molar-refractivity contribution in [2.24, 2.45) is 0 Å². The molecule has 0 saturated heterocycles. The van der Waals surface area contributed by atoms with Crippen molar-refractivity contribution in [3.63, 3.8) is 0 Å². The van der Waals surface area contributed by atoms with Crippen LogP contribution in [0.2, 0.25) is 0 Å². The monoisotopic (exact) mass is 281 g/mol. The maximum atomic E-state index is 2.59. The zero-order valence-electron chi connectivity index (χ0n) is 14.0. The van der Waals surface area contributed by atoms with Crippen molar-refractivity contribution in [1.29, 1.82) is 0 Å². The quantitative estimate of drug-likeness (QED) is 0.677. The van der Waals surface area contributed by atoms with Gasteiger partial charge in [-0.3, -0.25) is 0 Å². The van der Waals surface area contributed by atoms with Gasteiger partial charge in [0.25, 0.3) is 0 Å². The van der Waals surface area contributed by atoms with Crippen molar-refractivity contribution < 1.29 is 0 Å². The molecular formula is C17H35N3. The molecule has 3 heteroatoms. The Morgan fingerprint density at radius 3 is 1.30 bits per heavy atom. The highest BCUT2D eigenvalue weighted by atomic mass is 15.2. The van der Waals surface area contributed by atoms with Gasteiger partial charge in [-0.2, -0.15) is 0 Å². The third kappa shape index (κ3) is 5.01. The van der Waals surface area contributed by atoms with E-state index in [9.17, 15) is 0 Å². The van der Waals surface area contributed by atoms with Gasteiger partial charge < -0.3 is 14.7 Å². The van der Waals surface area contributed by atoms with Crippen LogP contribution >= 0.6 is 0 Å². The van der Waals surface area contributed by atoms with E-state index in [1.807, 2.05) is 0 Å². The number of nitrogens with zero attached hydrogens (tertiary/aromatic N) is 3. The first-order valence-electron chi connectivity index (χ1n) is 8.76. The Kier molecular flexibility index (Phi) is 6.79. The molecule has 2 rings (SSSR count). The number of likely N-dealkylation sites (N-methyl/N-ethyl adjacent to an activating group) is 3. The highest BCUT2D eigenvalue weighted by Crippen LogP contribution is 2.22. The van der Waals surface area contributed by atoms with Gasteiger partial charge in [0.05, 0.1) is 0 Å². The third-order valence-corrected chi connectivity index (χ3v) is 5.56. The van der Waals surface area contributed by atoms with Crippen LogP contribution in [0.3, 0.4) is 0 Å². The van der Waals surface area contributed by atoms with Gasteiger partial charge in [-0.05, 0) is 46.8 Å². The van der Waals surface area contributed by atoms with Crippen LogP contribution < -0.4 is 0 Å². The largest absolute Gasteiger partial charge is 0.304 e. The zero-order valence-corrected chi connectivity index (χ0v) is 14.0. The van der Waals surface area contributed by atoms with Crippen LogP contribution in [0, 0.1) is 0 Å². The first-order valence-corrected chi connectivity index (χ1v) is 8.76. The van der Waals surface area contributed by atoms with Gasteiger partial charge in [-0.1, -0.05) is 25.7 Å². The molecule has 0 unspecified atom stereocenters. The van der Waals surface area contributed by atoms with Crippen molar-refractivity contribution in [2.75, 3.05) is 47.3 Å². The highest BCUT2D eigenvalue weighted by molar-refractivity contribution is 4.77. The summed E-state index contributed by atoms with van der Waals surface area (Å²) in [5, 5.41) is 0. The number of rotatable bonds is 8. The van der Waals surface area contributed by atoms with Crippen LogP contribution in [-0.4, -0.2) is 74.1 Å². The minimum absolute atomic E-state index is 0.865. The lowest BCUT2D eigenvalue weighted by Gasteiger charge is -2.29. The Morgan fingerprint density at radius 1 is 0.600 bits per heavy atom. The second-order valence-electron chi connectivity index (χ2n) is 7.14. The van der Waals surface area contributed by atoms with E-state index in [0.29, 0.717) is 0 Å². The van der Waals surface area contributed by atoms with Crippen LogP contribution in [-0.2, 0) is 0 Å². The number of hydrogen-bond donors (Lipinski definition) is 0. The second-order valence-corrected chi connectivity index (χ2v) is 7.14. The van der Waals surface area contributed by atoms with E-state index >= 15 is 0 Å². The molecule has 0 heterocycles.